The molecular weight excluding hydrogens is 627 g/mol. The molecule has 1 spiro atoms. The van der Waals surface area contributed by atoms with Crippen LogP contribution in [-0.4, -0.2) is 0 Å². The second-order valence-corrected chi connectivity index (χ2v) is 14.8. The first kappa shape index (κ1) is 32.4. The lowest BCUT2D eigenvalue weighted by molar-refractivity contribution is 0.620. The summed E-state index contributed by atoms with van der Waals surface area (Å²) in [5.41, 5.74) is 19.3. The lowest BCUT2D eigenvalue weighted by atomic mass is 9.62. The van der Waals surface area contributed by atoms with Crippen LogP contribution in [0.5, 0.6) is 0 Å². The van der Waals surface area contributed by atoms with Crippen LogP contribution in [0.2, 0.25) is 0 Å². The van der Waals surface area contributed by atoms with Gasteiger partial charge in [-0.15, -0.1) is 0 Å². The number of nitrogens with one attached hydrogen (secondary N) is 1. The minimum Gasteiger partial charge on any atom is -0.303 e. The molecule has 3 aliphatic rings. The highest BCUT2D eigenvalue weighted by molar-refractivity contribution is 5.91. The van der Waals surface area contributed by atoms with Crippen molar-refractivity contribution in [2.24, 2.45) is 5.92 Å². The minimum absolute atomic E-state index is 0.0785. The van der Waals surface area contributed by atoms with Crippen molar-refractivity contribution >= 4 is 11.6 Å². The maximum absolute atomic E-state index is 3.95. The Kier molecular flexibility index (Phi) is 8.45. The van der Waals surface area contributed by atoms with E-state index in [1.165, 1.54) is 66.8 Å². The van der Waals surface area contributed by atoms with E-state index in [1.807, 2.05) is 0 Å². The number of hydrogen-bond donors (Lipinski definition) is 1. The van der Waals surface area contributed by atoms with Crippen LogP contribution < -0.4 is 5.32 Å². The van der Waals surface area contributed by atoms with Gasteiger partial charge >= 0.3 is 0 Å². The molecule has 9 rings (SSSR count). The molecule has 1 nitrogen and oxygen atoms in total. The van der Waals surface area contributed by atoms with E-state index in [0.717, 1.165) is 25.8 Å². The van der Waals surface area contributed by atoms with Crippen LogP contribution in [0.25, 0.3) is 22.8 Å². The van der Waals surface area contributed by atoms with Crippen LogP contribution in [0.15, 0.2) is 175 Å². The second-order valence-electron chi connectivity index (χ2n) is 14.8. The Balaban J connectivity index is 1.21. The van der Waals surface area contributed by atoms with E-state index >= 15 is 0 Å². The summed E-state index contributed by atoms with van der Waals surface area (Å²) >= 11 is 0. The Morgan fingerprint density at radius 1 is 0.692 bits per heavy atom. The van der Waals surface area contributed by atoms with Crippen LogP contribution in [0, 0.1) is 12.8 Å². The molecule has 1 N–H and O–H groups in total. The largest absolute Gasteiger partial charge is 0.303 e. The first-order valence-electron chi connectivity index (χ1n) is 19.0. The van der Waals surface area contributed by atoms with Gasteiger partial charge in [0.15, 0.2) is 0 Å². The maximum atomic E-state index is 3.95. The number of benzene rings is 6. The van der Waals surface area contributed by atoms with Gasteiger partial charge in [0.1, 0.15) is 0 Å². The van der Waals surface area contributed by atoms with Gasteiger partial charge in [0.25, 0.3) is 0 Å². The zero-order chi connectivity index (χ0) is 35.1. The molecule has 6 aromatic rings. The van der Waals surface area contributed by atoms with E-state index in [9.17, 15) is 0 Å². The molecule has 0 amide bonds. The van der Waals surface area contributed by atoms with Gasteiger partial charge in [0.05, 0.1) is 11.5 Å². The summed E-state index contributed by atoms with van der Waals surface area (Å²) in [4.78, 5) is 0. The van der Waals surface area contributed by atoms with Crippen molar-refractivity contribution in [3.63, 3.8) is 0 Å². The van der Waals surface area contributed by atoms with Crippen LogP contribution in [0.4, 0.5) is 0 Å². The quantitative estimate of drug-likeness (QED) is 0.178. The smallest absolute Gasteiger partial charge is 0.0682 e. The Bertz CT molecular complexity index is 2360. The SMILES string of the molecule is Cc1ccccc1C1=CCCC2=C1C(C)Cc1ccccc1C21c2ccccc2-c2ccc(CNC(/C=C/c3ccccc3)c3ccccc3)cc21. The number of hydrogen-bond acceptors (Lipinski definition) is 1. The van der Waals surface area contributed by atoms with Gasteiger partial charge in [-0.2, -0.15) is 0 Å². The summed E-state index contributed by atoms with van der Waals surface area (Å²) in [7, 11) is 0. The van der Waals surface area contributed by atoms with Gasteiger partial charge in [0, 0.05) is 6.54 Å². The van der Waals surface area contributed by atoms with Gasteiger partial charge < -0.3 is 5.32 Å². The van der Waals surface area contributed by atoms with Gasteiger partial charge in [-0.05, 0) is 110 Å². The number of rotatable bonds is 7. The van der Waals surface area contributed by atoms with E-state index in [1.54, 1.807) is 11.1 Å². The molecule has 0 saturated heterocycles. The predicted molar refractivity (Wildman–Crippen MR) is 218 cm³/mol. The van der Waals surface area contributed by atoms with E-state index in [-0.39, 0.29) is 11.5 Å². The van der Waals surface area contributed by atoms with Crippen molar-refractivity contribution in [3.8, 4) is 11.1 Å². The molecule has 0 heterocycles. The van der Waals surface area contributed by atoms with Gasteiger partial charge in [-0.1, -0.05) is 177 Å². The fourth-order valence-electron chi connectivity index (χ4n) is 9.52. The number of allylic oxidation sites excluding steroid dienone is 4. The third-order valence-corrected chi connectivity index (χ3v) is 11.8. The molecule has 3 aliphatic carbocycles. The third-order valence-electron chi connectivity index (χ3n) is 11.8. The van der Waals surface area contributed by atoms with Crippen molar-refractivity contribution in [2.75, 3.05) is 0 Å². The molecule has 0 saturated carbocycles. The molecule has 0 radical (unpaired) electrons. The van der Waals surface area contributed by atoms with Gasteiger partial charge in [-0.25, -0.2) is 0 Å². The number of aryl methyl sites for hydroxylation is 1. The normalized spacial score (nSPS) is 19.4. The summed E-state index contributed by atoms with van der Waals surface area (Å²) in [5, 5.41) is 3.95. The van der Waals surface area contributed by atoms with Crippen molar-refractivity contribution in [2.45, 2.75) is 51.1 Å². The molecule has 3 atom stereocenters. The van der Waals surface area contributed by atoms with Crippen LogP contribution in [-0.2, 0) is 18.4 Å². The van der Waals surface area contributed by atoms with Crippen molar-refractivity contribution < 1.29 is 0 Å². The van der Waals surface area contributed by atoms with Crippen LogP contribution in [0.3, 0.4) is 0 Å². The van der Waals surface area contributed by atoms with Crippen LogP contribution in [0.1, 0.15) is 75.9 Å². The summed E-state index contributed by atoms with van der Waals surface area (Å²) in [5.74, 6) is 0.394. The minimum atomic E-state index is -0.354. The highest BCUT2D eigenvalue weighted by Crippen LogP contribution is 2.62. The average molecular weight is 672 g/mol. The lowest BCUT2D eigenvalue weighted by Gasteiger charge is -2.40. The van der Waals surface area contributed by atoms with E-state index in [4.69, 9.17) is 0 Å². The molecule has 3 unspecified atom stereocenters. The third kappa shape index (κ3) is 5.43. The monoisotopic (exact) mass is 671 g/mol. The highest BCUT2D eigenvalue weighted by Gasteiger charge is 2.51. The highest BCUT2D eigenvalue weighted by atomic mass is 14.9. The maximum Gasteiger partial charge on any atom is 0.0682 e. The molecule has 254 valence electrons. The van der Waals surface area contributed by atoms with E-state index < -0.39 is 0 Å². The van der Waals surface area contributed by atoms with Crippen molar-refractivity contribution in [1.29, 1.82) is 0 Å². The van der Waals surface area contributed by atoms with E-state index in [2.05, 4.69) is 189 Å². The first-order valence-corrected chi connectivity index (χ1v) is 19.0. The fraction of sp³-hybridized carbons (Fsp3) is 0.176. The zero-order valence-electron chi connectivity index (χ0n) is 30.1. The van der Waals surface area contributed by atoms with E-state index in [0.29, 0.717) is 5.92 Å². The van der Waals surface area contributed by atoms with Gasteiger partial charge in [0.2, 0.25) is 0 Å². The average Bonchev–Trinajstić information content (AvgIpc) is 3.42. The van der Waals surface area contributed by atoms with Crippen molar-refractivity contribution in [3.05, 3.63) is 225 Å². The van der Waals surface area contributed by atoms with Crippen LogP contribution >= 0.6 is 0 Å². The van der Waals surface area contributed by atoms with Crippen molar-refractivity contribution in [1.82, 2.24) is 5.32 Å². The Labute approximate surface area is 309 Å². The summed E-state index contributed by atoms with van der Waals surface area (Å²) in [6.45, 7) is 5.50. The number of fused-ring (bicyclic) bond motifs is 8. The molecule has 0 fully saturated rings. The molecule has 0 aromatic heterocycles. The molecule has 52 heavy (non-hydrogen) atoms. The standard InChI is InChI=1S/C51H45N/c1-35-16-9-11-22-41(35)44-24-15-27-47-50(44)36(2)32-40-21-10-13-25-45(40)51(47)46-26-14-12-23-42(46)43-30-28-38(33-48(43)51)34-52-49(39-19-7-4-8-20-39)31-29-37-17-5-3-6-18-37/h3-14,16-26,28-31,33,36,49,52H,15,27,32,34H2,1-2H3/b31-29+. The predicted octanol–water partition coefficient (Wildman–Crippen LogP) is 12.2. The fourth-order valence-corrected chi connectivity index (χ4v) is 9.52. The lowest BCUT2D eigenvalue weighted by Crippen LogP contribution is -2.32. The Morgan fingerprint density at radius 3 is 2.17 bits per heavy atom. The Hall–Kier alpha value is -5.50. The molecule has 6 aromatic carbocycles. The molecule has 0 aliphatic heterocycles. The molecule has 1 heteroatoms. The topological polar surface area (TPSA) is 12.0 Å². The van der Waals surface area contributed by atoms with Gasteiger partial charge in [-0.3, -0.25) is 0 Å². The molecule has 0 bridgehead atoms. The Morgan fingerprint density at radius 2 is 1.37 bits per heavy atom. The zero-order valence-corrected chi connectivity index (χ0v) is 30.1. The second kappa shape index (κ2) is 13.6. The summed E-state index contributed by atoms with van der Waals surface area (Å²) in [6.07, 6.45) is 10.2. The first-order chi connectivity index (χ1) is 25.6. The molecular formula is C51H45N. The summed E-state index contributed by atoms with van der Waals surface area (Å²) < 4.78 is 0. The summed E-state index contributed by atoms with van der Waals surface area (Å²) in [6, 6.07) is 56.4.